The summed E-state index contributed by atoms with van der Waals surface area (Å²) >= 11 is 1.27. The van der Waals surface area contributed by atoms with Gasteiger partial charge in [0.1, 0.15) is 11.6 Å². The molecule has 1 heterocycles. The second kappa shape index (κ2) is 6.76. The lowest BCUT2D eigenvalue weighted by Gasteiger charge is -2.10. The van der Waals surface area contributed by atoms with E-state index in [9.17, 15) is 9.18 Å². The van der Waals surface area contributed by atoms with Crippen LogP contribution in [0.5, 0.6) is 0 Å². The van der Waals surface area contributed by atoms with E-state index in [2.05, 4.69) is 10.3 Å². The Kier molecular flexibility index (Phi) is 5.01. The van der Waals surface area contributed by atoms with Crippen LogP contribution in [0.1, 0.15) is 23.9 Å². The third-order valence-electron chi connectivity index (χ3n) is 3.04. The molecule has 0 saturated carbocycles. The summed E-state index contributed by atoms with van der Waals surface area (Å²) in [5.74, 6) is 0.359. The van der Waals surface area contributed by atoms with Crippen LogP contribution >= 0.6 is 11.8 Å². The molecule has 1 N–H and O–H groups in total. The minimum atomic E-state index is -0.317. The summed E-state index contributed by atoms with van der Waals surface area (Å²) in [7, 11) is 0. The Morgan fingerprint density at radius 1 is 1.38 bits per heavy atom. The van der Waals surface area contributed by atoms with Crippen LogP contribution in [0.3, 0.4) is 0 Å². The molecule has 1 atom stereocenters. The fraction of sp³-hybridized carbons (Fsp3) is 0.333. The number of rotatable bonds is 5. The van der Waals surface area contributed by atoms with Crippen LogP contribution in [0.2, 0.25) is 0 Å². The average molecular weight is 308 g/mol. The number of aromatic nitrogens is 1. The highest BCUT2D eigenvalue weighted by Crippen LogP contribution is 2.24. The molecular formula is C15H17FN2O2S. The average Bonchev–Trinajstić information content (AvgIpc) is 2.76. The summed E-state index contributed by atoms with van der Waals surface area (Å²) in [5.41, 5.74) is 1.68. The zero-order valence-electron chi connectivity index (χ0n) is 12.1. The number of amides is 1. The highest BCUT2D eigenvalue weighted by Gasteiger charge is 2.17. The molecule has 1 aromatic heterocycles. The number of benzene rings is 1. The molecule has 0 aliphatic rings. The number of nitrogens with one attached hydrogen (secondary N) is 1. The van der Waals surface area contributed by atoms with Gasteiger partial charge in [0, 0.05) is 6.54 Å². The summed E-state index contributed by atoms with van der Waals surface area (Å²) in [6.45, 7) is 5.86. The van der Waals surface area contributed by atoms with Crippen LogP contribution in [-0.2, 0) is 11.3 Å². The SMILES string of the molecule is Cc1nc(SC(C)C(=O)NCc2ccc(F)cc2)oc1C. The molecule has 0 spiro atoms. The molecule has 0 saturated heterocycles. The molecule has 2 aromatic rings. The number of thioether (sulfide) groups is 1. The van der Waals surface area contributed by atoms with Gasteiger partial charge in [0.25, 0.3) is 5.22 Å². The van der Waals surface area contributed by atoms with E-state index in [-0.39, 0.29) is 17.0 Å². The van der Waals surface area contributed by atoms with Crippen molar-refractivity contribution in [3.63, 3.8) is 0 Å². The Morgan fingerprint density at radius 2 is 2.05 bits per heavy atom. The smallest absolute Gasteiger partial charge is 0.256 e. The highest BCUT2D eigenvalue weighted by atomic mass is 32.2. The second-order valence-electron chi connectivity index (χ2n) is 4.73. The summed E-state index contributed by atoms with van der Waals surface area (Å²) in [5, 5.41) is 2.99. The number of hydrogen-bond acceptors (Lipinski definition) is 4. The zero-order valence-corrected chi connectivity index (χ0v) is 13.0. The molecule has 1 unspecified atom stereocenters. The van der Waals surface area contributed by atoms with Gasteiger partial charge in [-0.1, -0.05) is 23.9 Å². The van der Waals surface area contributed by atoms with Crippen molar-refractivity contribution in [1.82, 2.24) is 10.3 Å². The molecule has 2 rings (SSSR count). The minimum absolute atomic E-state index is 0.113. The normalized spacial score (nSPS) is 12.2. The molecule has 4 nitrogen and oxygen atoms in total. The number of hydrogen-bond donors (Lipinski definition) is 1. The van der Waals surface area contributed by atoms with Crippen molar-refractivity contribution in [2.24, 2.45) is 0 Å². The van der Waals surface area contributed by atoms with Gasteiger partial charge in [-0.15, -0.1) is 0 Å². The first-order chi connectivity index (χ1) is 9.95. The van der Waals surface area contributed by atoms with Gasteiger partial charge in [-0.05, 0) is 38.5 Å². The summed E-state index contributed by atoms with van der Waals surface area (Å²) in [6, 6.07) is 6.04. The van der Waals surface area contributed by atoms with E-state index in [4.69, 9.17) is 4.42 Å². The fourth-order valence-electron chi connectivity index (χ4n) is 1.63. The van der Waals surface area contributed by atoms with Crippen LogP contribution in [0, 0.1) is 19.7 Å². The van der Waals surface area contributed by atoms with Crippen molar-refractivity contribution in [2.75, 3.05) is 0 Å². The van der Waals surface area contributed by atoms with Crippen LogP contribution in [0.4, 0.5) is 4.39 Å². The van der Waals surface area contributed by atoms with Crippen molar-refractivity contribution in [2.45, 2.75) is 37.8 Å². The quantitative estimate of drug-likeness (QED) is 0.862. The van der Waals surface area contributed by atoms with Crippen LogP contribution in [0.25, 0.3) is 0 Å². The van der Waals surface area contributed by atoms with Gasteiger partial charge in [-0.25, -0.2) is 9.37 Å². The zero-order chi connectivity index (χ0) is 15.4. The first-order valence-corrected chi connectivity index (χ1v) is 7.46. The molecule has 1 amide bonds. The molecule has 1 aromatic carbocycles. The van der Waals surface area contributed by atoms with Gasteiger partial charge >= 0.3 is 0 Å². The molecule has 0 fully saturated rings. The lowest BCUT2D eigenvalue weighted by molar-refractivity contribution is -0.120. The number of carbonyl (C=O) groups excluding carboxylic acids is 1. The molecule has 0 aliphatic heterocycles. The molecule has 6 heteroatoms. The Bertz CT molecular complexity index is 606. The maximum atomic E-state index is 12.8. The lowest BCUT2D eigenvalue weighted by Crippen LogP contribution is -2.30. The van der Waals surface area contributed by atoms with Gasteiger partial charge in [-0.2, -0.15) is 0 Å². The van der Waals surface area contributed by atoms with Gasteiger partial charge in [0.05, 0.1) is 10.9 Å². The second-order valence-corrected chi connectivity index (χ2v) is 6.02. The molecule has 0 radical (unpaired) electrons. The number of carbonyl (C=O) groups is 1. The number of oxazole rings is 1. The van der Waals surface area contributed by atoms with E-state index in [0.717, 1.165) is 17.0 Å². The third kappa shape index (κ3) is 4.32. The maximum Gasteiger partial charge on any atom is 0.256 e. The number of nitrogens with zero attached hydrogens (tertiary/aromatic N) is 1. The topological polar surface area (TPSA) is 55.1 Å². The molecule has 112 valence electrons. The van der Waals surface area contributed by atoms with Crippen molar-refractivity contribution >= 4 is 17.7 Å². The van der Waals surface area contributed by atoms with E-state index in [1.54, 1.807) is 19.1 Å². The summed E-state index contributed by atoms with van der Waals surface area (Å²) < 4.78 is 18.2. The van der Waals surface area contributed by atoms with Crippen LogP contribution in [-0.4, -0.2) is 16.1 Å². The predicted molar refractivity (Wildman–Crippen MR) is 79.5 cm³/mol. The van der Waals surface area contributed by atoms with Crippen LogP contribution in [0.15, 0.2) is 33.9 Å². The van der Waals surface area contributed by atoms with Gasteiger partial charge in [-0.3, -0.25) is 4.79 Å². The van der Waals surface area contributed by atoms with Gasteiger partial charge in [0.2, 0.25) is 5.91 Å². The Hall–Kier alpha value is -1.82. The van der Waals surface area contributed by atoms with E-state index >= 15 is 0 Å². The standard InChI is InChI=1S/C15H17FN2O2S/c1-9-10(2)20-15(18-9)21-11(3)14(19)17-8-12-4-6-13(16)7-5-12/h4-7,11H,8H2,1-3H3,(H,17,19). The van der Waals surface area contributed by atoms with Crippen molar-refractivity contribution in [3.8, 4) is 0 Å². The molecule has 0 aliphatic carbocycles. The van der Waals surface area contributed by atoms with Crippen molar-refractivity contribution < 1.29 is 13.6 Å². The van der Waals surface area contributed by atoms with Crippen molar-refractivity contribution in [3.05, 3.63) is 47.1 Å². The third-order valence-corrected chi connectivity index (χ3v) is 3.98. The van der Waals surface area contributed by atoms with E-state index < -0.39 is 0 Å². The number of halogens is 1. The van der Waals surface area contributed by atoms with E-state index in [1.165, 1.54) is 23.9 Å². The minimum Gasteiger partial charge on any atom is -0.437 e. The number of aryl methyl sites for hydroxylation is 2. The van der Waals surface area contributed by atoms with Gasteiger partial charge < -0.3 is 9.73 Å². The lowest BCUT2D eigenvalue weighted by atomic mass is 10.2. The predicted octanol–water partition coefficient (Wildman–Crippen LogP) is 3.23. The summed E-state index contributed by atoms with van der Waals surface area (Å²) in [4.78, 5) is 16.2. The molecule has 21 heavy (non-hydrogen) atoms. The Balaban J connectivity index is 1.86. The van der Waals surface area contributed by atoms with Crippen molar-refractivity contribution in [1.29, 1.82) is 0 Å². The fourth-order valence-corrected chi connectivity index (χ4v) is 2.49. The largest absolute Gasteiger partial charge is 0.437 e. The first-order valence-electron chi connectivity index (χ1n) is 6.58. The van der Waals surface area contributed by atoms with E-state index in [1.807, 2.05) is 13.8 Å². The molecule has 0 bridgehead atoms. The Morgan fingerprint density at radius 3 is 2.62 bits per heavy atom. The maximum absolute atomic E-state index is 12.8. The molecular weight excluding hydrogens is 291 g/mol. The Labute approximate surface area is 127 Å². The monoisotopic (exact) mass is 308 g/mol. The van der Waals surface area contributed by atoms with E-state index in [0.29, 0.717) is 11.8 Å². The summed E-state index contributed by atoms with van der Waals surface area (Å²) in [6.07, 6.45) is 0. The van der Waals surface area contributed by atoms with Gasteiger partial charge in [0.15, 0.2) is 0 Å². The first kappa shape index (κ1) is 15.6. The van der Waals surface area contributed by atoms with Crippen LogP contribution < -0.4 is 5.32 Å². The highest BCUT2D eigenvalue weighted by molar-refractivity contribution is 8.00.